The highest BCUT2D eigenvalue weighted by Gasteiger charge is 2.15. The minimum absolute atomic E-state index is 0.0382. The SMILES string of the molecule is C=CC(=O)OCCC(=O)NC1CCCCC1. The molecular weight excluding hydrogens is 206 g/mol. The van der Waals surface area contributed by atoms with Gasteiger partial charge in [-0.25, -0.2) is 4.79 Å². The van der Waals surface area contributed by atoms with Crippen LogP contribution in [0.4, 0.5) is 0 Å². The Labute approximate surface area is 96.0 Å². The Kier molecular flexibility index (Phi) is 5.61. The smallest absolute Gasteiger partial charge is 0.330 e. The molecular formula is C12H19NO3. The maximum atomic E-state index is 11.5. The van der Waals surface area contributed by atoms with Crippen molar-refractivity contribution in [2.75, 3.05) is 6.61 Å². The first-order valence-electron chi connectivity index (χ1n) is 5.81. The first-order chi connectivity index (χ1) is 7.72. The number of rotatable bonds is 5. The number of ether oxygens (including phenoxy) is 1. The molecule has 0 bridgehead atoms. The second kappa shape index (κ2) is 7.04. The van der Waals surface area contributed by atoms with E-state index in [0.717, 1.165) is 18.9 Å². The van der Waals surface area contributed by atoms with Crippen LogP contribution in [-0.4, -0.2) is 24.5 Å². The zero-order chi connectivity index (χ0) is 11.8. The molecule has 0 radical (unpaired) electrons. The largest absolute Gasteiger partial charge is 0.462 e. The van der Waals surface area contributed by atoms with Crippen molar-refractivity contribution in [3.63, 3.8) is 0 Å². The molecule has 0 aromatic heterocycles. The lowest BCUT2D eigenvalue weighted by Gasteiger charge is -2.22. The van der Waals surface area contributed by atoms with Crippen LogP contribution in [-0.2, 0) is 14.3 Å². The summed E-state index contributed by atoms with van der Waals surface area (Å²) in [5.74, 6) is -0.519. The number of nitrogens with one attached hydrogen (secondary N) is 1. The Hall–Kier alpha value is -1.32. The third kappa shape index (κ3) is 4.96. The lowest BCUT2D eigenvalue weighted by atomic mass is 9.95. The fourth-order valence-electron chi connectivity index (χ4n) is 1.85. The van der Waals surface area contributed by atoms with Gasteiger partial charge in [0.05, 0.1) is 6.42 Å². The quantitative estimate of drug-likeness (QED) is 0.570. The average molecular weight is 225 g/mol. The molecule has 0 aromatic carbocycles. The van der Waals surface area contributed by atoms with Crippen LogP contribution >= 0.6 is 0 Å². The highest BCUT2D eigenvalue weighted by Crippen LogP contribution is 2.17. The maximum Gasteiger partial charge on any atom is 0.330 e. The molecule has 1 aliphatic carbocycles. The van der Waals surface area contributed by atoms with Crippen LogP contribution in [0.2, 0.25) is 0 Å². The third-order valence-corrected chi connectivity index (χ3v) is 2.71. The molecule has 90 valence electrons. The van der Waals surface area contributed by atoms with Crippen LogP contribution in [0.3, 0.4) is 0 Å². The number of amides is 1. The highest BCUT2D eigenvalue weighted by molar-refractivity contribution is 5.81. The number of esters is 1. The van der Waals surface area contributed by atoms with Gasteiger partial charge in [0.15, 0.2) is 0 Å². The van der Waals surface area contributed by atoms with E-state index in [1.807, 2.05) is 0 Å². The fourth-order valence-corrected chi connectivity index (χ4v) is 1.85. The summed E-state index contributed by atoms with van der Waals surface area (Å²) < 4.78 is 4.73. The molecule has 1 fully saturated rings. The Morgan fingerprint density at radius 3 is 2.62 bits per heavy atom. The van der Waals surface area contributed by atoms with Crippen molar-refractivity contribution in [2.24, 2.45) is 0 Å². The second-order valence-electron chi connectivity index (χ2n) is 4.02. The van der Waals surface area contributed by atoms with Gasteiger partial charge < -0.3 is 10.1 Å². The summed E-state index contributed by atoms with van der Waals surface area (Å²) >= 11 is 0. The molecule has 0 spiro atoms. The minimum Gasteiger partial charge on any atom is -0.462 e. The van der Waals surface area contributed by atoms with E-state index in [1.165, 1.54) is 19.3 Å². The summed E-state index contributed by atoms with van der Waals surface area (Å²) in [5.41, 5.74) is 0. The first-order valence-corrected chi connectivity index (χ1v) is 5.81. The van der Waals surface area contributed by atoms with Crippen molar-refractivity contribution in [1.82, 2.24) is 5.32 Å². The van der Waals surface area contributed by atoms with E-state index in [-0.39, 0.29) is 18.9 Å². The topological polar surface area (TPSA) is 55.4 Å². The standard InChI is InChI=1S/C12H19NO3/c1-2-12(15)16-9-8-11(14)13-10-6-4-3-5-7-10/h2,10H,1,3-9H2,(H,13,14). The lowest BCUT2D eigenvalue weighted by Crippen LogP contribution is -2.36. The van der Waals surface area contributed by atoms with Crippen LogP contribution in [0.1, 0.15) is 38.5 Å². The highest BCUT2D eigenvalue weighted by atomic mass is 16.5. The van der Waals surface area contributed by atoms with E-state index in [2.05, 4.69) is 11.9 Å². The Morgan fingerprint density at radius 1 is 1.31 bits per heavy atom. The Morgan fingerprint density at radius 2 is 2.00 bits per heavy atom. The second-order valence-corrected chi connectivity index (χ2v) is 4.02. The fraction of sp³-hybridized carbons (Fsp3) is 0.667. The monoisotopic (exact) mass is 225 g/mol. The van der Waals surface area contributed by atoms with E-state index in [4.69, 9.17) is 4.74 Å². The van der Waals surface area contributed by atoms with Gasteiger partial charge in [-0.3, -0.25) is 4.79 Å². The summed E-state index contributed by atoms with van der Waals surface area (Å²) in [6, 6.07) is 0.316. The van der Waals surface area contributed by atoms with Gasteiger partial charge in [0.2, 0.25) is 5.91 Å². The molecule has 0 saturated heterocycles. The minimum atomic E-state index is -0.481. The van der Waals surface area contributed by atoms with Gasteiger partial charge in [-0.05, 0) is 12.8 Å². The number of carbonyl (C=O) groups is 2. The van der Waals surface area contributed by atoms with Gasteiger partial charge in [-0.2, -0.15) is 0 Å². The van der Waals surface area contributed by atoms with Crippen molar-refractivity contribution in [3.05, 3.63) is 12.7 Å². The average Bonchev–Trinajstić information content (AvgIpc) is 2.30. The van der Waals surface area contributed by atoms with Crippen molar-refractivity contribution in [2.45, 2.75) is 44.6 Å². The van der Waals surface area contributed by atoms with Crippen LogP contribution in [0.15, 0.2) is 12.7 Å². The van der Waals surface area contributed by atoms with Gasteiger partial charge in [0.25, 0.3) is 0 Å². The van der Waals surface area contributed by atoms with E-state index >= 15 is 0 Å². The molecule has 1 aliphatic rings. The molecule has 1 saturated carbocycles. The number of hydrogen-bond donors (Lipinski definition) is 1. The van der Waals surface area contributed by atoms with Gasteiger partial charge >= 0.3 is 5.97 Å². The number of carbonyl (C=O) groups excluding carboxylic acids is 2. The zero-order valence-electron chi connectivity index (χ0n) is 9.54. The normalized spacial score (nSPS) is 16.5. The molecule has 1 N–H and O–H groups in total. The summed E-state index contributed by atoms with van der Waals surface area (Å²) in [6.07, 6.45) is 7.11. The molecule has 0 aromatic rings. The Balaban J connectivity index is 2.10. The molecule has 0 unspecified atom stereocenters. The summed E-state index contributed by atoms with van der Waals surface area (Å²) in [7, 11) is 0. The van der Waals surface area contributed by atoms with E-state index in [0.29, 0.717) is 6.04 Å². The van der Waals surface area contributed by atoms with Crippen LogP contribution < -0.4 is 5.32 Å². The molecule has 4 heteroatoms. The van der Waals surface area contributed by atoms with Crippen molar-refractivity contribution >= 4 is 11.9 Å². The molecule has 16 heavy (non-hydrogen) atoms. The maximum absolute atomic E-state index is 11.5. The molecule has 0 atom stereocenters. The first kappa shape index (κ1) is 12.7. The Bertz CT molecular complexity index is 257. The van der Waals surface area contributed by atoms with Gasteiger partial charge in [-0.15, -0.1) is 0 Å². The summed E-state index contributed by atoms with van der Waals surface area (Å²) in [6.45, 7) is 3.41. The summed E-state index contributed by atoms with van der Waals surface area (Å²) in [4.78, 5) is 22.2. The van der Waals surface area contributed by atoms with Crippen molar-refractivity contribution in [1.29, 1.82) is 0 Å². The third-order valence-electron chi connectivity index (χ3n) is 2.71. The van der Waals surface area contributed by atoms with E-state index < -0.39 is 5.97 Å². The molecule has 0 heterocycles. The van der Waals surface area contributed by atoms with E-state index in [9.17, 15) is 9.59 Å². The van der Waals surface area contributed by atoms with Gasteiger partial charge in [0.1, 0.15) is 6.61 Å². The molecule has 1 amide bonds. The predicted molar refractivity (Wildman–Crippen MR) is 60.8 cm³/mol. The summed E-state index contributed by atoms with van der Waals surface area (Å²) in [5, 5.41) is 2.95. The molecule has 4 nitrogen and oxygen atoms in total. The zero-order valence-corrected chi connectivity index (χ0v) is 9.54. The van der Waals surface area contributed by atoms with Crippen LogP contribution in [0, 0.1) is 0 Å². The lowest BCUT2D eigenvalue weighted by molar-refractivity contribution is -0.138. The molecule has 0 aliphatic heterocycles. The predicted octanol–water partition coefficient (Wildman–Crippen LogP) is 1.55. The molecule has 1 rings (SSSR count). The number of hydrogen-bond acceptors (Lipinski definition) is 3. The van der Waals surface area contributed by atoms with Crippen LogP contribution in [0.5, 0.6) is 0 Å². The van der Waals surface area contributed by atoms with E-state index in [1.54, 1.807) is 0 Å². The van der Waals surface area contributed by atoms with Gasteiger partial charge in [-0.1, -0.05) is 25.8 Å². The van der Waals surface area contributed by atoms with Crippen molar-refractivity contribution in [3.8, 4) is 0 Å². The van der Waals surface area contributed by atoms with Gasteiger partial charge in [0, 0.05) is 12.1 Å². The van der Waals surface area contributed by atoms with Crippen molar-refractivity contribution < 1.29 is 14.3 Å². The van der Waals surface area contributed by atoms with Crippen LogP contribution in [0.25, 0.3) is 0 Å².